The van der Waals surface area contributed by atoms with Gasteiger partial charge in [0, 0.05) is 11.6 Å². The lowest BCUT2D eigenvalue weighted by Gasteiger charge is -2.06. The van der Waals surface area contributed by atoms with Gasteiger partial charge in [-0.25, -0.2) is 14.5 Å². The van der Waals surface area contributed by atoms with E-state index in [-0.39, 0.29) is 0 Å². The molecule has 0 saturated heterocycles. The Morgan fingerprint density at radius 3 is 2.64 bits per heavy atom. The van der Waals surface area contributed by atoms with Gasteiger partial charge in [0.2, 0.25) is 0 Å². The summed E-state index contributed by atoms with van der Waals surface area (Å²) in [5, 5.41) is 14.7. The lowest BCUT2D eigenvalue weighted by molar-refractivity contribution is 0.0698. The second kappa shape index (κ2) is 4.66. The molecule has 1 aliphatic carbocycles. The van der Waals surface area contributed by atoms with Crippen LogP contribution in [-0.2, 0) is 0 Å². The van der Waals surface area contributed by atoms with Gasteiger partial charge in [-0.15, -0.1) is 0 Å². The lowest BCUT2D eigenvalue weighted by Crippen LogP contribution is -2.03. The Bertz CT molecular complexity index is 880. The van der Waals surface area contributed by atoms with Crippen LogP contribution in [0.3, 0.4) is 0 Å². The number of nitrogens with zero attached hydrogens (tertiary/aromatic N) is 3. The SMILES string of the molecule is Cc1nn(-c2ccccc2)c2nc(C3CC3)cc(C(=O)O)c12. The number of aromatic carboxylic acids is 1. The summed E-state index contributed by atoms with van der Waals surface area (Å²) in [5.74, 6) is -0.535. The summed E-state index contributed by atoms with van der Waals surface area (Å²) in [6, 6.07) is 11.4. The summed E-state index contributed by atoms with van der Waals surface area (Å²) in [6.45, 7) is 1.83. The Kier molecular flexibility index (Phi) is 2.76. The van der Waals surface area contributed by atoms with Crippen molar-refractivity contribution in [2.24, 2.45) is 0 Å². The summed E-state index contributed by atoms with van der Waals surface area (Å²) < 4.78 is 1.74. The minimum atomic E-state index is -0.926. The normalized spacial score (nSPS) is 14.4. The molecule has 5 heteroatoms. The summed E-state index contributed by atoms with van der Waals surface area (Å²) >= 11 is 0. The van der Waals surface area contributed by atoms with Crippen molar-refractivity contribution in [1.29, 1.82) is 0 Å². The number of pyridine rings is 1. The zero-order valence-corrected chi connectivity index (χ0v) is 12.2. The maximum absolute atomic E-state index is 11.6. The number of carboxylic acids is 1. The van der Waals surface area contributed by atoms with E-state index >= 15 is 0 Å². The van der Waals surface area contributed by atoms with Gasteiger partial charge in [-0.05, 0) is 38.0 Å². The van der Waals surface area contributed by atoms with E-state index < -0.39 is 5.97 Å². The predicted octanol–water partition coefficient (Wildman–Crippen LogP) is 3.30. The fourth-order valence-corrected chi connectivity index (χ4v) is 2.81. The first-order chi connectivity index (χ1) is 10.6. The van der Waals surface area contributed by atoms with E-state index in [0.29, 0.717) is 28.2 Å². The number of fused-ring (bicyclic) bond motifs is 1. The number of aryl methyl sites for hydroxylation is 1. The highest BCUT2D eigenvalue weighted by Crippen LogP contribution is 2.40. The first kappa shape index (κ1) is 13.0. The van der Waals surface area contributed by atoms with Crippen LogP contribution in [0.2, 0.25) is 0 Å². The second-order valence-electron chi connectivity index (χ2n) is 5.71. The van der Waals surface area contributed by atoms with Gasteiger partial charge in [-0.1, -0.05) is 18.2 Å². The standard InChI is InChI=1S/C17H15N3O2/c1-10-15-13(17(21)22)9-14(11-7-8-11)18-16(15)20(19-10)12-5-3-2-4-6-12/h2-6,9,11H,7-8H2,1H3,(H,21,22). The van der Waals surface area contributed by atoms with Gasteiger partial charge in [0.25, 0.3) is 0 Å². The minimum absolute atomic E-state index is 0.298. The van der Waals surface area contributed by atoms with E-state index in [2.05, 4.69) is 5.10 Å². The van der Waals surface area contributed by atoms with Gasteiger partial charge in [0.05, 0.1) is 22.3 Å². The number of hydrogen-bond acceptors (Lipinski definition) is 3. The van der Waals surface area contributed by atoms with Gasteiger partial charge < -0.3 is 5.11 Å². The monoisotopic (exact) mass is 293 g/mol. The van der Waals surface area contributed by atoms with E-state index in [4.69, 9.17) is 4.98 Å². The van der Waals surface area contributed by atoms with Gasteiger partial charge >= 0.3 is 5.97 Å². The van der Waals surface area contributed by atoms with Gasteiger partial charge in [-0.3, -0.25) is 0 Å². The Hall–Kier alpha value is -2.69. The largest absolute Gasteiger partial charge is 0.478 e. The molecule has 1 fully saturated rings. The number of para-hydroxylation sites is 1. The van der Waals surface area contributed by atoms with Crippen LogP contribution in [0, 0.1) is 6.92 Å². The molecule has 1 saturated carbocycles. The van der Waals surface area contributed by atoms with Crippen molar-refractivity contribution in [1.82, 2.24) is 14.8 Å². The van der Waals surface area contributed by atoms with Crippen LogP contribution in [0.1, 0.15) is 40.5 Å². The molecule has 0 radical (unpaired) electrons. The Morgan fingerprint density at radius 2 is 2.00 bits per heavy atom. The van der Waals surface area contributed by atoms with Gasteiger partial charge in [0.15, 0.2) is 5.65 Å². The molecule has 2 heterocycles. The van der Waals surface area contributed by atoms with Crippen LogP contribution in [0.25, 0.3) is 16.7 Å². The highest BCUT2D eigenvalue weighted by molar-refractivity contribution is 6.03. The molecule has 0 amide bonds. The third kappa shape index (κ3) is 1.97. The summed E-state index contributed by atoms with van der Waals surface area (Å²) in [4.78, 5) is 16.4. The fourth-order valence-electron chi connectivity index (χ4n) is 2.81. The molecule has 0 bridgehead atoms. The smallest absolute Gasteiger partial charge is 0.336 e. The molecule has 1 aromatic carbocycles. The molecule has 1 aliphatic rings. The maximum atomic E-state index is 11.6. The number of hydrogen-bond donors (Lipinski definition) is 1. The molecule has 4 rings (SSSR count). The molecule has 0 spiro atoms. The average molecular weight is 293 g/mol. The highest BCUT2D eigenvalue weighted by atomic mass is 16.4. The van der Waals surface area contributed by atoms with E-state index in [1.807, 2.05) is 37.3 Å². The number of aromatic nitrogens is 3. The zero-order chi connectivity index (χ0) is 15.3. The first-order valence-corrected chi connectivity index (χ1v) is 7.34. The second-order valence-corrected chi connectivity index (χ2v) is 5.71. The van der Waals surface area contributed by atoms with E-state index in [9.17, 15) is 9.90 Å². The number of carboxylic acid groups (broad SMARTS) is 1. The maximum Gasteiger partial charge on any atom is 0.336 e. The van der Waals surface area contributed by atoms with Crippen molar-refractivity contribution < 1.29 is 9.90 Å². The molecule has 3 aromatic rings. The molecule has 1 N–H and O–H groups in total. The van der Waals surface area contributed by atoms with Crippen molar-refractivity contribution in [3.8, 4) is 5.69 Å². The lowest BCUT2D eigenvalue weighted by atomic mass is 10.1. The number of rotatable bonds is 3. The molecule has 0 unspecified atom stereocenters. The van der Waals surface area contributed by atoms with E-state index in [0.717, 1.165) is 24.2 Å². The summed E-state index contributed by atoms with van der Waals surface area (Å²) in [7, 11) is 0. The van der Waals surface area contributed by atoms with Crippen LogP contribution >= 0.6 is 0 Å². The van der Waals surface area contributed by atoms with Gasteiger partial charge in [0.1, 0.15) is 0 Å². The zero-order valence-electron chi connectivity index (χ0n) is 12.2. The van der Waals surface area contributed by atoms with Crippen LogP contribution in [-0.4, -0.2) is 25.8 Å². The molecule has 5 nitrogen and oxygen atoms in total. The Morgan fingerprint density at radius 1 is 1.27 bits per heavy atom. The van der Waals surface area contributed by atoms with Crippen LogP contribution < -0.4 is 0 Å². The molecular weight excluding hydrogens is 278 g/mol. The Balaban J connectivity index is 2.05. The van der Waals surface area contributed by atoms with Crippen molar-refractivity contribution in [3.05, 3.63) is 53.3 Å². The summed E-state index contributed by atoms with van der Waals surface area (Å²) in [5.41, 5.74) is 3.36. The topological polar surface area (TPSA) is 68.0 Å². The summed E-state index contributed by atoms with van der Waals surface area (Å²) in [6.07, 6.45) is 2.16. The quantitative estimate of drug-likeness (QED) is 0.804. The predicted molar refractivity (Wildman–Crippen MR) is 82.5 cm³/mol. The molecule has 22 heavy (non-hydrogen) atoms. The number of benzene rings is 1. The Labute approximate surface area is 127 Å². The minimum Gasteiger partial charge on any atom is -0.478 e. The van der Waals surface area contributed by atoms with Crippen molar-refractivity contribution in [2.75, 3.05) is 0 Å². The molecule has 0 atom stereocenters. The van der Waals surface area contributed by atoms with E-state index in [1.165, 1.54) is 0 Å². The third-order valence-electron chi connectivity index (χ3n) is 4.06. The first-order valence-electron chi connectivity index (χ1n) is 7.34. The van der Waals surface area contributed by atoms with Crippen molar-refractivity contribution in [3.63, 3.8) is 0 Å². The molecule has 0 aliphatic heterocycles. The number of carbonyl (C=O) groups is 1. The van der Waals surface area contributed by atoms with Crippen LogP contribution in [0.4, 0.5) is 0 Å². The average Bonchev–Trinajstić information content (AvgIpc) is 3.32. The molecule has 110 valence electrons. The van der Waals surface area contributed by atoms with Crippen molar-refractivity contribution in [2.45, 2.75) is 25.7 Å². The van der Waals surface area contributed by atoms with E-state index in [1.54, 1.807) is 10.7 Å². The van der Waals surface area contributed by atoms with Crippen LogP contribution in [0.5, 0.6) is 0 Å². The van der Waals surface area contributed by atoms with Crippen molar-refractivity contribution >= 4 is 17.0 Å². The molecular formula is C17H15N3O2. The fraction of sp³-hybridized carbons (Fsp3) is 0.235. The van der Waals surface area contributed by atoms with Gasteiger partial charge in [-0.2, -0.15) is 5.10 Å². The molecule has 2 aromatic heterocycles. The van der Waals surface area contributed by atoms with Crippen LogP contribution in [0.15, 0.2) is 36.4 Å². The third-order valence-corrected chi connectivity index (χ3v) is 4.06. The highest BCUT2D eigenvalue weighted by Gasteiger charge is 2.28.